The molecular weight excluding hydrogens is 370 g/mol. The molecule has 1 unspecified atom stereocenters. The quantitative estimate of drug-likeness (QED) is 0.682. The van der Waals surface area contributed by atoms with Crippen molar-refractivity contribution in [1.82, 2.24) is 5.32 Å². The van der Waals surface area contributed by atoms with E-state index in [0.29, 0.717) is 11.5 Å². The second-order valence-corrected chi connectivity index (χ2v) is 7.77. The van der Waals surface area contributed by atoms with Crippen LogP contribution in [0.2, 0.25) is 0 Å². The van der Waals surface area contributed by atoms with Crippen molar-refractivity contribution in [3.8, 4) is 0 Å². The zero-order chi connectivity index (χ0) is 19.1. The summed E-state index contributed by atoms with van der Waals surface area (Å²) in [6, 6.07) is 8.79. The Bertz CT molecular complexity index is 752. The normalized spacial score (nSPS) is 11.8. The van der Waals surface area contributed by atoms with Gasteiger partial charge in [0.05, 0.1) is 7.11 Å². The number of furan rings is 1. The molecule has 2 rings (SSSR count). The van der Waals surface area contributed by atoms with E-state index in [2.05, 4.69) is 5.32 Å². The maximum Gasteiger partial charge on any atom is 0.328 e. The van der Waals surface area contributed by atoms with Gasteiger partial charge in [-0.2, -0.15) is 11.8 Å². The molecule has 0 aliphatic rings. The fourth-order valence-electron chi connectivity index (χ4n) is 2.41. The minimum absolute atomic E-state index is 0.178. The highest BCUT2D eigenvalue weighted by atomic mass is 32.2. The predicted octanol–water partition coefficient (Wildman–Crippen LogP) is 4.07. The monoisotopic (exact) mass is 393 g/mol. The first-order valence-corrected chi connectivity index (χ1v) is 10.4. The summed E-state index contributed by atoms with van der Waals surface area (Å²) in [5.41, 5.74) is 2.31. The molecule has 2 aromatic rings. The van der Waals surface area contributed by atoms with E-state index in [4.69, 9.17) is 9.15 Å². The van der Waals surface area contributed by atoms with E-state index in [1.807, 2.05) is 38.3 Å². The van der Waals surface area contributed by atoms with Gasteiger partial charge in [-0.05, 0) is 55.5 Å². The van der Waals surface area contributed by atoms with Crippen LogP contribution in [0.1, 0.15) is 28.1 Å². The summed E-state index contributed by atoms with van der Waals surface area (Å²) in [6.45, 7) is 4.08. The minimum Gasteiger partial charge on any atom is -0.467 e. The number of aryl methyl sites for hydroxylation is 2. The summed E-state index contributed by atoms with van der Waals surface area (Å²) in [5, 5.41) is 3.32. The Kier molecular flexibility index (Phi) is 7.66. The lowest BCUT2D eigenvalue weighted by molar-refractivity contribution is -0.142. The molecule has 5 nitrogen and oxygen atoms in total. The molecule has 0 saturated heterocycles. The Balaban J connectivity index is 2.08. The number of esters is 1. The topological polar surface area (TPSA) is 68.5 Å². The fourth-order valence-corrected chi connectivity index (χ4v) is 3.81. The number of ether oxygens (including phenoxy) is 1. The van der Waals surface area contributed by atoms with Gasteiger partial charge < -0.3 is 14.5 Å². The zero-order valence-electron chi connectivity index (χ0n) is 15.3. The molecule has 1 amide bonds. The van der Waals surface area contributed by atoms with Gasteiger partial charge in [0.15, 0.2) is 10.9 Å². The van der Waals surface area contributed by atoms with Crippen molar-refractivity contribution in [1.29, 1.82) is 0 Å². The summed E-state index contributed by atoms with van der Waals surface area (Å²) in [4.78, 5) is 25.3. The number of carbonyl (C=O) groups is 2. The van der Waals surface area contributed by atoms with Crippen LogP contribution in [0.15, 0.2) is 44.7 Å². The molecule has 140 valence electrons. The molecule has 1 N–H and O–H groups in total. The van der Waals surface area contributed by atoms with Gasteiger partial charge >= 0.3 is 5.97 Å². The van der Waals surface area contributed by atoms with Gasteiger partial charge in [-0.1, -0.05) is 30.0 Å². The van der Waals surface area contributed by atoms with E-state index in [-0.39, 0.29) is 5.76 Å². The Morgan fingerprint density at radius 3 is 2.50 bits per heavy atom. The molecule has 1 heterocycles. The number of hydrogen-bond donors (Lipinski definition) is 1. The van der Waals surface area contributed by atoms with Crippen LogP contribution in [-0.4, -0.2) is 37.0 Å². The lowest BCUT2D eigenvalue weighted by Crippen LogP contribution is -2.41. The van der Waals surface area contributed by atoms with Gasteiger partial charge in [-0.15, -0.1) is 0 Å². The molecule has 0 spiro atoms. The molecular formula is C19H23NO4S2. The molecule has 1 atom stereocenters. The first kappa shape index (κ1) is 20.5. The summed E-state index contributed by atoms with van der Waals surface area (Å²) < 4.78 is 10.4. The smallest absolute Gasteiger partial charge is 0.328 e. The van der Waals surface area contributed by atoms with Gasteiger partial charge in [0.2, 0.25) is 0 Å². The van der Waals surface area contributed by atoms with Gasteiger partial charge in [0.1, 0.15) is 6.04 Å². The highest BCUT2D eigenvalue weighted by Crippen LogP contribution is 2.33. The van der Waals surface area contributed by atoms with Crippen molar-refractivity contribution in [3.05, 3.63) is 47.2 Å². The van der Waals surface area contributed by atoms with Crippen LogP contribution in [-0.2, 0) is 9.53 Å². The van der Waals surface area contributed by atoms with Crippen molar-refractivity contribution < 1.29 is 18.7 Å². The Morgan fingerprint density at radius 1 is 1.19 bits per heavy atom. The van der Waals surface area contributed by atoms with Gasteiger partial charge in [-0.25, -0.2) is 4.79 Å². The van der Waals surface area contributed by atoms with Gasteiger partial charge in [0, 0.05) is 4.90 Å². The SMILES string of the molecule is COC(=O)C(CCSC)NC(=O)c1ccc(Sc2c(C)cccc2C)o1. The molecule has 0 aliphatic heterocycles. The van der Waals surface area contributed by atoms with Gasteiger partial charge in [0.25, 0.3) is 5.91 Å². The number of hydrogen-bond acceptors (Lipinski definition) is 6. The van der Waals surface area contributed by atoms with Crippen LogP contribution in [0, 0.1) is 13.8 Å². The molecule has 7 heteroatoms. The first-order chi connectivity index (χ1) is 12.5. The number of carbonyl (C=O) groups excluding carboxylic acids is 2. The van der Waals surface area contributed by atoms with E-state index >= 15 is 0 Å². The Labute approximate surface area is 162 Å². The molecule has 0 bridgehead atoms. The zero-order valence-corrected chi connectivity index (χ0v) is 17.0. The molecule has 26 heavy (non-hydrogen) atoms. The largest absolute Gasteiger partial charge is 0.467 e. The highest BCUT2D eigenvalue weighted by molar-refractivity contribution is 7.99. The maximum absolute atomic E-state index is 12.4. The minimum atomic E-state index is -0.681. The third-order valence-corrected chi connectivity index (χ3v) is 5.73. The second-order valence-electron chi connectivity index (χ2n) is 5.77. The number of amides is 1. The van der Waals surface area contributed by atoms with E-state index < -0.39 is 17.9 Å². The third kappa shape index (κ3) is 5.32. The Morgan fingerprint density at radius 2 is 1.88 bits per heavy atom. The molecule has 1 aromatic carbocycles. The molecule has 0 fully saturated rings. The summed E-state index contributed by atoms with van der Waals surface area (Å²) in [7, 11) is 1.31. The Hall–Kier alpha value is -1.86. The molecule has 0 saturated carbocycles. The van der Waals surface area contributed by atoms with Crippen molar-refractivity contribution in [2.45, 2.75) is 36.3 Å². The highest BCUT2D eigenvalue weighted by Gasteiger charge is 2.23. The van der Waals surface area contributed by atoms with Crippen molar-refractivity contribution in [2.75, 3.05) is 19.1 Å². The molecule has 1 aromatic heterocycles. The first-order valence-electron chi connectivity index (χ1n) is 8.17. The fraction of sp³-hybridized carbons (Fsp3) is 0.368. The predicted molar refractivity (Wildman–Crippen MR) is 105 cm³/mol. The average molecular weight is 394 g/mol. The van der Waals surface area contributed by atoms with E-state index in [0.717, 1.165) is 21.8 Å². The van der Waals surface area contributed by atoms with Gasteiger partial charge in [-0.3, -0.25) is 4.79 Å². The standard InChI is InChI=1S/C19H23NO4S2/c1-12-6-5-7-13(2)17(12)26-16-9-8-15(24-16)18(21)20-14(10-11-25-4)19(22)23-3/h5-9,14H,10-11H2,1-4H3,(H,20,21). The lowest BCUT2D eigenvalue weighted by Gasteiger charge is -2.15. The van der Waals surface area contributed by atoms with E-state index in [9.17, 15) is 9.59 Å². The number of methoxy groups -OCH3 is 1. The summed E-state index contributed by atoms with van der Waals surface area (Å²) in [5.74, 6) is 0.0435. The summed E-state index contributed by atoms with van der Waals surface area (Å²) in [6.07, 6.45) is 2.45. The second kappa shape index (κ2) is 9.73. The van der Waals surface area contributed by atoms with Crippen LogP contribution in [0.3, 0.4) is 0 Å². The lowest BCUT2D eigenvalue weighted by atomic mass is 10.2. The van der Waals surface area contributed by atoms with Crippen LogP contribution in [0.4, 0.5) is 0 Å². The van der Waals surface area contributed by atoms with Crippen LogP contribution in [0.5, 0.6) is 0 Å². The molecule has 0 aliphatic carbocycles. The van der Waals surface area contributed by atoms with Crippen molar-refractivity contribution in [3.63, 3.8) is 0 Å². The maximum atomic E-state index is 12.4. The molecule has 0 radical (unpaired) electrons. The van der Waals surface area contributed by atoms with Crippen LogP contribution >= 0.6 is 23.5 Å². The van der Waals surface area contributed by atoms with E-state index in [1.165, 1.54) is 18.9 Å². The third-order valence-electron chi connectivity index (χ3n) is 3.82. The number of nitrogens with one attached hydrogen (secondary N) is 1. The number of rotatable bonds is 8. The van der Waals surface area contributed by atoms with E-state index in [1.54, 1.807) is 23.9 Å². The average Bonchev–Trinajstić information content (AvgIpc) is 3.10. The van der Waals surface area contributed by atoms with Crippen molar-refractivity contribution in [2.24, 2.45) is 0 Å². The number of thioether (sulfide) groups is 1. The van der Waals surface area contributed by atoms with Crippen LogP contribution in [0.25, 0.3) is 0 Å². The van der Waals surface area contributed by atoms with Crippen molar-refractivity contribution >= 4 is 35.4 Å². The number of benzene rings is 1. The van der Waals surface area contributed by atoms with Crippen LogP contribution < -0.4 is 5.32 Å². The summed E-state index contributed by atoms with van der Waals surface area (Å²) >= 11 is 3.08.